The SMILES string of the molecule is CN(C)C1(C=O)NC=CS1. The van der Waals surface area contributed by atoms with Crippen LogP contribution in [-0.4, -0.2) is 30.3 Å². The summed E-state index contributed by atoms with van der Waals surface area (Å²) in [5.41, 5.74) is 0. The van der Waals surface area contributed by atoms with Crippen molar-refractivity contribution in [2.24, 2.45) is 0 Å². The Morgan fingerprint density at radius 2 is 2.40 bits per heavy atom. The van der Waals surface area contributed by atoms with Crippen molar-refractivity contribution >= 4 is 18.0 Å². The molecule has 56 valence electrons. The third-order valence-corrected chi connectivity index (χ3v) is 2.64. The molecule has 0 radical (unpaired) electrons. The molecule has 0 saturated heterocycles. The third kappa shape index (κ3) is 1.04. The van der Waals surface area contributed by atoms with E-state index < -0.39 is 4.99 Å². The van der Waals surface area contributed by atoms with Gasteiger partial charge in [0.15, 0.2) is 11.3 Å². The van der Waals surface area contributed by atoms with E-state index in [1.54, 1.807) is 6.20 Å². The smallest absolute Gasteiger partial charge is 0.200 e. The molecule has 1 aliphatic heterocycles. The monoisotopic (exact) mass is 158 g/mol. The Morgan fingerprint density at radius 3 is 2.60 bits per heavy atom. The molecule has 0 aliphatic carbocycles. The summed E-state index contributed by atoms with van der Waals surface area (Å²) in [4.78, 5) is 11.9. The van der Waals surface area contributed by atoms with E-state index in [-0.39, 0.29) is 0 Å². The first kappa shape index (κ1) is 7.63. The predicted molar refractivity (Wildman–Crippen MR) is 42.3 cm³/mol. The van der Waals surface area contributed by atoms with Crippen molar-refractivity contribution in [3.05, 3.63) is 11.6 Å². The van der Waals surface area contributed by atoms with Gasteiger partial charge in [0.2, 0.25) is 0 Å². The number of nitrogens with zero attached hydrogens (tertiary/aromatic N) is 1. The van der Waals surface area contributed by atoms with Gasteiger partial charge in [0.05, 0.1) is 0 Å². The van der Waals surface area contributed by atoms with Gasteiger partial charge in [-0.3, -0.25) is 9.69 Å². The molecule has 0 bridgehead atoms. The Balaban J connectivity index is 2.70. The average Bonchev–Trinajstić information content (AvgIpc) is 2.35. The zero-order chi connectivity index (χ0) is 7.61. The first-order chi connectivity index (χ1) is 4.71. The van der Waals surface area contributed by atoms with Crippen LogP contribution in [0.5, 0.6) is 0 Å². The fourth-order valence-corrected chi connectivity index (χ4v) is 1.47. The summed E-state index contributed by atoms with van der Waals surface area (Å²) in [7, 11) is 3.72. The van der Waals surface area contributed by atoms with Gasteiger partial charge in [0.25, 0.3) is 0 Å². The highest BCUT2D eigenvalue weighted by Gasteiger charge is 2.33. The van der Waals surface area contributed by atoms with Crippen LogP contribution in [0.3, 0.4) is 0 Å². The highest BCUT2D eigenvalue weighted by molar-refractivity contribution is 8.04. The molecule has 1 atom stereocenters. The largest absolute Gasteiger partial charge is 0.358 e. The second-order valence-corrected chi connectivity index (χ2v) is 3.40. The maximum Gasteiger partial charge on any atom is 0.200 e. The van der Waals surface area contributed by atoms with E-state index >= 15 is 0 Å². The van der Waals surface area contributed by atoms with E-state index in [0.29, 0.717) is 0 Å². The fourth-order valence-electron chi connectivity index (χ4n) is 0.727. The Bertz CT molecular complexity index is 159. The molecule has 1 aliphatic rings. The lowest BCUT2D eigenvalue weighted by Crippen LogP contribution is -2.50. The average molecular weight is 158 g/mol. The second kappa shape index (κ2) is 2.64. The number of carbonyl (C=O) groups is 1. The Morgan fingerprint density at radius 1 is 1.70 bits per heavy atom. The topological polar surface area (TPSA) is 32.3 Å². The molecule has 10 heavy (non-hydrogen) atoms. The summed E-state index contributed by atoms with van der Waals surface area (Å²) in [6, 6.07) is 0. The highest BCUT2D eigenvalue weighted by Crippen LogP contribution is 2.27. The van der Waals surface area contributed by atoms with Crippen LogP contribution in [0.4, 0.5) is 0 Å². The molecule has 1 rings (SSSR count). The number of hydrogen-bond donors (Lipinski definition) is 1. The minimum atomic E-state index is -0.556. The standard InChI is InChI=1S/C6H10N2OS/c1-8(2)6(5-9)7-3-4-10-6/h3-5,7H,1-2H3. The van der Waals surface area contributed by atoms with Gasteiger partial charge >= 0.3 is 0 Å². The first-order valence-corrected chi connectivity index (χ1v) is 3.83. The lowest BCUT2D eigenvalue weighted by atomic mass is 10.5. The first-order valence-electron chi connectivity index (χ1n) is 2.95. The summed E-state index contributed by atoms with van der Waals surface area (Å²) in [5, 5.41) is 4.83. The number of carbonyl (C=O) groups excluding carboxylic acids is 1. The summed E-state index contributed by atoms with van der Waals surface area (Å²) in [6.07, 6.45) is 2.68. The number of rotatable bonds is 2. The lowest BCUT2D eigenvalue weighted by Gasteiger charge is -2.29. The van der Waals surface area contributed by atoms with Crippen LogP contribution < -0.4 is 5.32 Å². The molecular weight excluding hydrogens is 148 g/mol. The van der Waals surface area contributed by atoms with Gasteiger partial charge < -0.3 is 5.32 Å². The van der Waals surface area contributed by atoms with E-state index in [2.05, 4.69) is 5.32 Å². The maximum absolute atomic E-state index is 10.6. The van der Waals surface area contributed by atoms with E-state index in [1.165, 1.54) is 11.8 Å². The van der Waals surface area contributed by atoms with E-state index in [0.717, 1.165) is 6.29 Å². The van der Waals surface area contributed by atoms with Crippen LogP contribution in [0.15, 0.2) is 11.6 Å². The molecule has 3 nitrogen and oxygen atoms in total. The predicted octanol–water partition coefficient (Wildman–Crippen LogP) is 0.208. The molecule has 0 amide bonds. The molecule has 1 unspecified atom stereocenters. The maximum atomic E-state index is 10.6. The minimum absolute atomic E-state index is 0.556. The van der Waals surface area contributed by atoms with Crippen LogP contribution in [0.25, 0.3) is 0 Å². The molecular formula is C6H10N2OS. The molecule has 0 aromatic carbocycles. The highest BCUT2D eigenvalue weighted by atomic mass is 32.2. The van der Waals surface area contributed by atoms with E-state index in [4.69, 9.17) is 0 Å². The summed E-state index contributed by atoms with van der Waals surface area (Å²) < 4.78 is 0. The number of nitrogens with one attached hydrogen (secondary N) is 1. The zero-order valence-corrected chi connectivity index (χ0v) is 6.81. The van der Waals surface area contributed by atoms with Gasteiger partial charge in [-0.05, 0) is 19.5 Å². The normalized spacial score (nSPS) is 30.7. The molecule has 0 fully saturated rings. The summed E-state index contributed by atoms with van der Waals surface area (Å²) in [6.45, 7) is 0. The molecule has 0 saturated carbocycles. The number of hydrogen-bond acceptors (Lipinski definition) is 4. The number of likely N-dealkylation sites (N-methyl/N-ethyl adjacent to an activating group) is 1. The van der Waals surface area contributed by atoms with Gasteiger partial charge in [-0.1, -0.05) is 11.8 Å². The van der Waals surface area contributed by atoms with Crippen molar-refractivity contribution in [3.8, 4) is 0 Å². The molecule has 1 N–H and O–H groups in total. The summed E-state index contributed by atoms with van der Waals surface area (Å²) in [5.74, 6) is 0. The molecule has 0 spiro atoms. The molecule has 1 heterocycles. The van der Waals surface area contributed by atoms with Crippen LogP contribution in [0.2, 0.25) is 0 Å². The summed E-state index contributed by atoms with van der Waals surface area (Å²) >= 11 is 1.46. The Hall–Kier alpha value is -0.480. The number of thioether (sulfide) groups is 1. The van der Waals surface area contributed by atoms with Gasteiger partial charge in [-0.25, -0.2) is 0 Å². The minimum Gasteiger partial charge on any atom is -0.358 e. The van der Waals surface area contributed by atoms with Crippen LogP contribution in [0, 0.1) is 0 Å². The Labute approximate surface area is 64.5 Å². The second-order valence-electron chi connectivity index (χ2n) is 2.27. The van der Waals surface area contributed by atoms with Crippen molar-refractivity contribution in [3.63, 3.8) is 0 Å². The van der Waals surface area contributed by atoms with Gasteiger partial charge in [0.1, 0.15) is 0 Å². The van der Waals surface area contributed by atoms with Gasteiger partial charge in [0, 0.05) is 6.20 Å². The van der Waals surface area contributed by atoms with Gasteiger partial charge in [-0.15, -0.1) is 0 Å². The van der Waals surface area contributed by atoms with Crippen molar-refractivity contribution in [2.75, 3.05) is 14.1 Å². The van der Waals surface area contributed by atoms with Crippen LogP contribution in [0.1, 0.15) is 0 Å². The van der Waals surface area contributed by atoms with E-state index in [1.807, 2.05) is 24.4 Å². The lowest BCUT2D eigenvalue weighted by molar-refractivity contribution is -0.113. The molecule has 0 aromatic rings. The van der Waals surface area contributed by atoms with Crippen molar-refractivity contribution in [1.82, 2.24) is 10.2 Å². The zero-order valence-electron chi connectivity index (χ0n) is 6.00. The third-order valence-electron chi connectivity index (χ3n) is 1.43. The van der Waals surface area contributed by atoms with Gasteiger partial charge in [-0.2, -0.15) is 0 Å². The fraction of sp³-hybridized carbons (Fsp3) is 0.500. The van der Waals surface area contributed by atoms with Crippen LogP contribution >= 0.6 is 11.8 Å². The van der Waals surface area contributed by atoms with E-state index in [9.17, 15) is 4.79 Å². The van der Waals surface area contributed by atoms with Crippen molar-refractivity contribution < 1.29 is 4.79 Å². The quantitative estimate of drug-likeness (QED) is 0.582. The molecule has 4 heteroatoms. The van der Waals surface area contributed by atoms with Crippen LogP contribution in [-0.2, 0) is 4.79 Å². The van der Waals surface area contributed by atoms with Crippen molar-refractivity contribution in [2.45, 2.75) is 4.99 Å². The molecule has 0 aromatic heterocycles. The van der Waals surface area contributed by atoms with Crippen molar-refractivity contribution in [1.29, 1.82) is 0 Å². The number of aldehydes is 1. The Kier molecular flexibility index (Phi) is 2.01.